The van der Waals surface area contributed by atoms with Gasteiger partial charge >= 0.3 is 0 Å². The van der Waals surface area contributed by atoms with Gasteiger partial charge in [0.25, 0.3) is 0 Å². The molecule has 0 aromatic heterocycles. The van der Waals surface area contributed by atoms with E-state index in [1.54, 1.807) is 26.2 Å². The quantitative estimate of drug-likeness (QED) is 0.194. The molecule has 12 heteroatoms. The van der Waals surface area contributed by atoms with Crippen molar-refractivity contribution in [3.63, 3.8) is 0 Å². The number of likely N-dealkylation sites (tertiary alicyclic amines) is 1. The summed E-state index contributed by atoms with van der Waals surface area (Å²) in [7, 11) is 8.60. The molecule has 4 amide bonds. The summed E-state index contributed by atoms with van der Waals surface area (Å²) in [4.78, 5) is 59.4. The number of likely N-dealkylation sites (N-methyl/N-ethyl adjacent to an activating group) is 2. The van der Waals surface area contributed by atoms with Gasteiger partial charge in [0.1, 0.15) is 6.04 Å². The molecule has 0 aromatic rings. The van der Waals surface area contributed by atoms with Gasteiger partial charge in [-0.1, -0.05) is 54.9 Å². The van der Waals surface area contributed by atoms with E-state index < -0.39 is 30.2 Å². The molecule has 1 heterocycles. The zero-order valence-corrected chi connectivity index (χ0v) is 30.1. The van der Waals surface area contributed by atoms with Gasteiger partial charge in [0.05, 0.1) is 42.7 Å². The third kappa shape index (κ3) is 10.9. The second-order valence-corrected chi connectivity index (χ2v) is 13.6. The molecular weight excluding hydrogens is 576 g/mol. The first-order valence-corrected chi connectivity index (χ1v) is 16.7. The molecule has 1 unspecified atom stereocenters. The predicted molar refractivity (Wildman–Crippen MR) is 177 cm³/mol. The van der Waals surface area contributed by atoms with Crippen molar-refractivity contribution in [3.05, 3.63) is 0 Å². The SMILES string of the molecule is CC[C@H](C)[C@@H]([C@@H](CC(=O)N1CCC[C@H]1[C@@H](OC)[C@@H](C)C(=O)NCCN)OC)N(C)C(=O)C(NC(=O)[C@H](C(C)C)N(C)C)C(C)C. The van der Waals surface area contributed by atoms with E-state index in [0.717, 1.165) is 19.3 Å². The molecular formula is C33H64N6O6. The van der Waals surface area contributed by atoms with Crippen LogP contribution in [0.2, 0.25) is 0 Å². The van der Waals surface area contributed by atoms with Crippen LogP contribution in [0.5, 0.6) is 0 Å². The molecule has 0 bridgehead atoms. The average Bonchev–Trinajstić information content (AvgIpc) is 3.46. The van der Waals surface area contributed by atoms with Crippen LogP contribution in [0.15, 0.2) is 0 Å². The van der Waals surface area contributed by atoms with Gasteiger partial charge in [-0.2, -0.15) is 0 Å². The van der Waals surface area contributed by atoms with E-state index in [1.165, 1.54) is 0 Å². The molecule has 12 nitrogen and oxygen atoms in total. The number of carbonyl (C=O) groups excluding carboxylic acids is 4. The van der Waals surface area contributed by atoms with Gasteiger partial charge in [0.2, 0.25) is 23.6 Å². The van der Waals surface area contributed by atoms with Crippen LogP contribution in [0.3, 0.4) is 0 Å². The molecule has 1 fully saturated rings. The van der Waals surface area contributed by atoms with Crippen molar-refractivity contribution in [2.75, 3.05) is 55.0 Å². The minimum atomic E-state index is -0.735. The minimum absolute atomic E-state index is 0.0118. The lowest BCUT2D eigenvalue weighted by atomic mass is 9.89. The monoisotopic (exact) mass is 640 g/mol. The molecule has 4 N–H and O–H groups in total. The van der Waals surface area contributed by atoms with Gasteiger partial charge in [0.15, 0.2) is 0 Å². The second kappa shape index (κ2) is 19.4. The van der Waals surface area contributed by atoms with Crippen LogP contribution in [0.1, 0.15) is 74.1 Å². The molecule has 1 saturated heterocycles. The maximum absolute atomic E-state index is 14.1. The third-order valence-corrected chi connectivity index (χ3v) is 9.39. The molecule has 1 rings (SSSR count). The summed E-state index contributed by atoms with van der Waals surface area (Å²) >= 11 is 0. The van der Waals surface area contributed by atoms with Crippen LogP contribution in [0.25, 0.3) is 0 Å². The van der Waals surface area contributed by atoms with E-state index in [1.807, 2.05) is 65.4 Å². The van der Waals surface area contributed by atoms with E-state index >= 15 is 0 Å². The number of carbonyl (C=O) groups is 4. The summed E-state index contributed by atoms with van der Waals surface area (Å²) in [6.45, 7) is 15.0. The Morgan fingerprint density at radius 1 is 0.956 bits per heavy atom. The van der Waals surface area contributed by atoms with E-state index in [-0.39, 0.29) is 59.9 Å². The lowest BCUT2D eigenvalue weighted by Gasteiger charge is -2.41. The van der Waals surface area contributed by atoms with Crippen LogP contribution < -0.4 is 16.4 Å². The highest BCUT2D eigenvalue weighted by Gasteiger charge is 2.43. The maximum Gasteiger partial charge on any atom is 0.245 e. The van der Waals surface area contributed by atoms with Gasteiger partial charge in [-0.3, -0.25) is 24.1 Å². The van der Waals surface area contributed by atoms with Gasteiger partial charge < -0.3 is 35.6 Å². The van der Waals surface area contributed by atoms with Crippen LogP contribution >= 0.6 is 0 Å². The molecule has 262 valence electrons. The standard InChI is InChI=1S/C33H64N6O6/c1-13-22(6)29(38(10)33(43)27(20(2)3)36-32(42)28(21(4)5)37(8)9)25(44-11)19-26(40)39-18-14-15-24(39)30(45-12)23(7)31(41)35-17-16-34/h20-25,27-30H,13-19,34H2,1-12H3,(H,35,41)(H,36,42)/t22-,23+,24-,25+,27?,28-,29-,30-/m0/s1. The van der Waals surface area contributed by atoms with Crippen molar-refractivity contribution in [1.29, 1.82) is 0 Å². The van der Waals surface area contributed by atoms with Gasteiger partial charge in [0, 0.05) is 40.9 Å². The van der Waals surface area contributed by atoms with Crippen LogP contribution in [0, 0.1) is 23.7 Å². The molecule has 0 spiro atoms. The number of nitrogens with two attached hydrogens (primary N) is 1. The van der Waals surface area contributed by atoms with E-state index in [4.69, 9.17) is 15.2 Å². The summed E-state index contributed by atoms with van der Waals surface area (Å²) in [5.74, 6) is -1.21. The number of hydrogen-bond donors (Lipinski definition) is 3. The number of nitrogens with zero attached hydrogens (tertiary/aromatic N) is 3. The maximum atomic E-state index is 14.1. The zero-order chi connectivity index (χ0) is 34.6. The fourth-order valence-corrected chi connectivity index (χ4v) is 6.77. The molecule has 1 aliphatic heterocycles. The van der Waals surface area contributed by atoms with Crippen molar-refractivity contribution in [2.45, 2.75) is 111 Å². The molecule has 8 atom stereocenters. The topological polar surface area (TPSA) is 147 Å². The number of ether oxygens (including phenoxy) is 2. The number of rotatable bonds is 19. The Hall–Kier alpha value is -2.28. The number of nitrogens with one attached hydrogen (secondary N) is 2. The minimum Gasteiger partial charge on any atom is -0.379 e. The first kappa shape index (κ1) is 40.7. The van der Waals surface area contributed by atoms with Crippen LogP contribution in [0.4, 0.5) is 0 Å². The smallest absolute Gasteiger partial charge is 0.245 e. The van der Waals surface area contributed by atoms with Crippen molar-refractivity contribution in [2.24, 2.45) is 29.4 Å². The fraction of sp³-hybridized carbons (Fsp3) is 0.879. The summed E-state index contributed by atoms with van der Waals surface area (Å²) in [5, 5.41) is 5.85. The zero-order valence-electron chi connectivity index (χ0n) is 30.1. The highest BCUT2D eigenvalue weighted by Crippen LogP contribution is 2.29. The molecule has 0 radical (unpaired) electrons. The molecule has 1 aliphatic rings. The Labute approximate surface area is 272 Å². The van der Waals surface area contributed by atoms with Crippen molar-refractivity contribution >= 4 is 23.6 Å². The van der Waals surface area contributed by atoms with Crippen molar-refractivity contribution in [1.82, 2.24) is 25.3 Å². The average molecular weight is 641 g/mol. The highest BCUT2D eigenvalue weighted by atomic mass is 16.5. The Balaban J connectivity index is 3.25. The van der Waals surface area contributed by atoms with Crippen LogP contribution in [-0.2, 0) is 28.7 Å². The Bertz CT molecular complexity index is 939. The Kier molecular flexibility index (Phi) is 17.6. The lowest BCUT2D eigenvalue weighted by Crippen LogP contribution is -2.59. The van der Waals surface area contributed by atoms with Crippen molar-refractivity contribution in [3.8, 4) is 0 Å². The first-order chi connectivity index (χ1) is 21.1. The highest BCUT2D eigenvalue weighted by molar-refractivity contribution is 5.90. The molecule has 45 heavy (non-hydrogen) atoms. The van der Waals surface area contributed by atoms with E-state index in [2.05, 4.69) is 17.6 Å². The van der Waals surface area contributed by atoms with Crippen molar-refractivity contribution < 1.29 is 28.7 Å². The van der Waals surface area contributed by atoms with Gasteiger partial charge in [-0.15, -0.1) is 0 Å². The normalized spacial score (nSPS) is 20.0. The first-order valence-electron chi connectivity index (χ1n) is 16.7. The summed E-state index contributed by atoms with van der Waals surface area (Å²) in [6.07, 6.45) is 1.30. The summed E-state index contributed by atoms with van der Waals surface area (Å²) in [5.41, 5.74) is 5.55. The van der Waals surface area contributed by atoms with E-state index in [0.29, 0.717) is 19.6 Å². The second-order valence-electron chi connectivity index (χ2n) is 13.6. The fourth-order valence-electron chi connectivity index (χ4n) is 6.77. The van der Waals surface area contributed by atoms with Crippen LogP contribution in [-0.4, -0.2) is 130 Å². The molecule has 0 aliphatic carbocycles. The van der Waals surface area contributed by atoms with Gasteiger partial charge in [-0.25, -0.2) is 0 Å². The third-order valence-electron chi connectivity index (χ3n) is 9.39. The van der Waals surface area contributed by atoms with E-state index in [9.17, 15) is 19.2 Å². The Morgan fingerprint density at radius 3 is 2.04 bits per heavy atom. The molecule has 0 aromatic carbocycles. The Morgan fingerprint density at radius 2 is 1.58 bits per heavy atom. The van der Waals surface area contributed by atoms with Gasteiger partial charge in [-0.05, 0) is 44.7 Å². The number of methoxy groups -OCH3 is 2. The number of amides is 4. The predicted octanol–water partition coefficient (Wildman–Crippen LogP) is 1.71. The molecule has 0 saturated carbocycles. The lowest BCUT2D eigenvalue weighted by molar-refractivity contribution is -0.148. The number of hydrogen-bond acceptors (Lipinski definition) is 8. The summed E-state index contributed by atoms with van der Waals surface area (Å²) < 4.78 is 11.8. The largest absolute Gasteiger partial charge is 0.379 e. The summed E-state index contributed by atoms with van der Waals surface area (Å²) in [6, 6.07) is -1.78.